The van der Waals surface area contributed by atoms with Gasteiger partial charge in [-0.1, -0.05) is 89.2 Å². The fourth-order valence-electron chi connectivity index (χ4n) is 7.69. The van der Waals surface area contributed by atoms with Crippen LogP contribution in [-0.2, 0) is 18.4 Å². The molecule has 1 spiro atoms. The predicted octanol–water partition coefficient (Wildman–Crippen LogP) is 8.58. The van der Waals surface area contributed by atoms with Crippen LogP contribution in [0.15, 0.2) is 12.2 Å². The molecule has 2 aliphatic rings. The van der Waals surface area contributed by atoms with E-state index in [0.717, 1.165) is 19.3 Å². The SMILES string of the molecule is CC(C)[Si](OC[C@H]1O[C@@]2(C=C[C@@H]1O[Si](C(C)C)(C(C)C)C(C)C)CCCCC2=O)(C(C)C)C(C)C. The Morgan fingerprint density at radius 1 is 0.829 bits per heavy atom. The lowest BCUT2D eigenvalue weighted by Crippen LogP contribution is -2.58. The van der Waals surface area contributed by atoms with E-state index in [1.165, 1.54) is 0 Å². The molecule has 0 unspecified atom stereocenters. The zero-order valence-electron chi connectivity index (χ0n) is 24.9. The Hall–Kier alpha value is -0.276. The smallest absolute Gasteiger partial charge is 0.201 e. The lowest BCUT2D eigenvalue weighted by atomic mass is 9.81. The molecule has 1 heterocycles. The van der Waals surface area contributed by atoms with Crippen molar-refractivity contribution < 1.29 is 18.4 Å². The van der Waals surface area contributed by atoms with Gasteiger partial charge in [0.2, 0.25) is 8.32 Å². The molecule has 204 valence electrons. The van der Waals surface area contributed by atoms with E-state index in [-0.39, 0.29) is 18.0 Å². The highest BCUT2D eigenvalue weighted by molar-refractivity contribution is 6.78. The maximum atomic E-state index is 13.1. The van der Waals surface area contributed by atoms with Crippen molar-refractivity contribution in [2.24, 2.45) is 0 Å². The quantitative estimate of drug-likeness (QED) is 0.200. The van der Waals surface area contributed by atoms with E-state index in [4.69, 9.17) is 13.6 Å². The lowest BCUT2D eigenvalue weighted by Gasteiger charge is -2.49. The normalized spacial score (nSPS) is 26.5. The number of ketones is 1. The van der Waals surface area contributed by atoms with Gasteiger partial charge in [-0.2, -0.15) is 0 Å². The highest BCUT2D eigenvalue weighted by atomic mass is 28.4. The third-order valence-corrected chi connectivity index (χ3v) is 21.4. The molecule has 0 aromatic rings. The van der Waals surface area contributed by atoms with Crippen LogP contribution in [0.1, 0.15) is 109 Å². The van der Waals surface area contributed by atoms with Crippen LogP contribution in [0.25, 0.3) is 0 Å². The van der Waals surface area contributed by atoms with E-state index < -0.39 is 22.2 Å². The number of hydrogen-bond acceptors (Lipinski definition) is 4. The van der Waals surface area contributed by atoms with Crippen molar-refractivity contribution in [3.05, 3.63) is 12.2 Å². The van der Waals surface area contributed by atoms with Gasteiger partial charge in [-0.3, -0.25) is 4.79 Å². The van der Waals surface area contributed by atoms with Gasteiger partial charge in [0, 0.05) is 6.42 Å². The first-order valence-electron chi connectivity index (χ1n) is 14.4. The highest BCUT2D eigenvalue weighted by Crippen LogP contribution is 2.46. The summed E-state index contributed by atoms with van der Waals surface area (Å²) in [4.78, 5) is 13.1. The number of carbonyl (C=O) groups is 1. The van der Waals surface area contributed by atoms with Crippen molar-refractivity contribution in [2.75, 3.05) is 6.61 Å². The molecule has 1 aliphatic carbocycles. The van der Waals surface area contributed by atoms with Crippen LogP contribution in [-0.4, -0.2) is 46.8 Å². The summed E-state index contributed by atoms with van der Waals surface area (Å²) in [5.74, 6) is 0.226. The summed E-state index contributed by atoms with van der Waals surface area (Å²) in [7, 11) is -4.21. The fraction of sp³-hybridized carbons (Fsp3) is 0.897. The molecule has 0 aromatic carbocycles. The predicted molar refractivity (Wildman–Crippen MR) is 153 cm³/mol. The Balaban J connectivity index is 2.48. The summed E-state index contributed by atoms with van der Waals surface area (Å²) >= 11 is 0. The summed E-state index contributed by atoms with van der Waals surface area (Å²) in [5, 5.41) is 0. The molecule has 1 saturated carbocycles. The minimum Gasteiger partial charge on any atom is -0.413 e. The second-order valence-corrected chi connectivity index (χ2v) is 23.9. The van der Waals surface area contributed by atoms with Gasteiger partial charge < -0.3 is 13.6 Å². The summed E-state index contributed by atoms with van der Waals surface area (Å²) in [5.41, 5.74) is 2.17. The van der Waals surface area contributed by atoms with Crippen molar-refractivity contribution in [3.8, 4) is 0 Å². The molecule has 35 heavy (non-hydrogen) atoms. The topological polar surface area (TPSA) is 44.8 Å². The van der Waals surface area contributed by atoms with Gasteiger partial charge in [0.1, 0.15) is 11.7 Å². The van der Waals surface area contributed by atoms with Gasteiger partial charge in [-0.15, -0.1) is 0 Å². The minimum absolute atomic E-state index is 0.174. The Morgan fingerprint density at radius 2 is 1.31 bits per heavy atom. The average molecular weight is 525 g/mol. The van der Waals surface area contributed by atoms with Crippen molar-refractivity contribution in [3.63, 3.8) is 0 Å². The Kier molecular flexibility index (Phi) is 10.7. The summed E-state index contributed by atoms with van der Waals surface area (Å²) in [6.45, 7) is 28.4. The van der Waals surface area contributed by atoms with Crippen LogP contribution in [0.5, 0.6) is 0 Å². The van der Waals surface area contributed by atoms with E-state index in [2.05, 4.69) is 89.2 Å². The third-order valence-electron chi connectivity index (χ3n) is 9.21. The van der Waals surface area contributed by atoms with Gasteiger partial charge >= 0.3 is 0 Å². The van der Waals surface area contributed by atoms with Crippen LogP contribution in [0.3, 0.4) is 0 Å². The number of hydrogen-bond donors (Lipinski definition) is 0. The standard InChI is InChI=1S/C29H56O4Si2/c1-20(2)34(21(3)4,22(5)6)31-19-27-26(33-35(23(7)8,24(9)10)25(11)12)16-18-29(32-27)17-14-13-15-28(29)30/h16,18,20-27H,13-15,17,19H2,1-12H3/t26-,27+,29+/m0/s1. The van der Waals surface area contributed by atoms with Crippen LogP contribution < -0.4 is 0 Å². The van der Waals surface area contributed by atoms with Crippen molar-refractivity contribution >= 4 is 22.4 Å². The molecule has 1 aliphatic heterocycles. The first-order chi connectivity index (χ1) is 16.2. The highest BCUT2D eigenvalue weighted by Gasteiger charge is 2.52. The van der Waals surface area contributed by atoms with Crippen LogP contribution >= 0.6 is 0 Å². The van der Waals surface area contributed by atoms with E-state index >= 15 is 0 Å². The minimum atomic E-state index is -2.14. The van der Waals surface area contributed by atoms with Gasteiger partial charge in [0.05, 0.1) is 12.7 Å². The summed E-state index contributed by atoms with van der Waals surface area (Å²) in [6, 6.07) is 0. The molecular weight excluding hydrogens is 468 g/mol. The molecule has 1 fully saturated rings. The molecule has 4 nitrogen and oxygen atoms in total. The largest absolute Gasteiger partial charge is 0.413 e. The van der Waals surface area contributed by atoms with Crippen molar-refractivity contribution in [1.82, 2.24) is 0 Å². The second-order valence-electron chi connectivity index (χ2n) is 13.1. The number of carbonyl (C=O) groups excluding carboxylic acids is 1. The monoisotopic (exact) mass is 524 g/mol. The first-order valence-corrected chi connectivity index (χ1v) is 18.7. The maximum Gasteiger partial charge on any atom is 0.201 e. The van der Waals surface area contributed by atoms with E-state index in [0.29, 0.717) is 46.3 Å². The summed E-state index contributed by atoms with van der Waals surface area (Å²) in [6.07, 6.45) is 7.17. The summed E-state index contributed by atoms with van der Waals surface area (Å²) < 4.78 is 21.1. The van der Waals surface area contributed by atoms with Gasteiger partial charge in [-0.05, 0) is 58.6 Å². The van der Waals surface area contributed by atoms with Crippen LogP contribution in [0.2, 0.25) is 33.2 Å². The maximum absolute atomic E-state index is 13.1. The van der Waals surface area contributed by atoms with E-state index in [1.807, 2.05) is 6.08 Å². The molecule has 3 atom stereocenters. The number of rotatable bonds is 11. The number of Topliss-reactive ketones (excluding diaryl/α,β-unsaturated/α-hetero) is 1. The third kappa shape index (κ3) is 5.92. The van der Waals surface area contributed by atoms with Crippen molar-refractivity contribution in [1.29, 1.82) is 0 Å². The zero-order chi connectivity index (χ0) is 26.8. The molecule has 0 N–H and O–H groups in total. The molecule has 0 bridgehead atoms. The van der Waals surface area contributed by atoms with E-state index in [9.17, 15) is 4.79 Å². The van der Waals surface area contributed by atoms with Gasteiger partial charge in [0.15, 0.2) is 14.1 Å². The van der Waals surface area contributed by atoms with Crippen molar-refractivity contribution in [2.45, 2.75) is 160 Å². The van der Waals surface area contributed by atoms with Gasteiger partial charge in [0.25, 0.3) is 0 Å². The molecule has 6 heteroatoms. The fourth-order valence-corrected chi connectivity index (χ4v) is 18.7. The molecule has 0 saturated heterocycles. The zero-order valence-corrected chi connectivity index (χ0v) is 26.9. The Labute approximate surface area is 219 Å². The lowest BCUT2D eigenvalue weighted by molar-refractivity contribution is -0.163. The molecule has 2 rings (SSSR count). The van der Waals surface area contributed by atoms with E-state index in [1.54, 1.807) is 0 Å². The number of ether oxygens (including phenoxy) is 1. The Morgan fingerprint density at radius 3 is 1.74 bits per heavy atom. The van der Waals surface area contributed by atoms with Gasteiger partial charge in [-0.25, -0.2) is 0 Å². The van der Waals surface area contributed by atoms with Crippen LogP contribution in [0.4, 0.5) is 0 Å². The molecule has 0 aromatic heterocycles. The Bertz CT molecular complexity index is 685. The average Bonchev–Trinajstić information content (AvgIpc) is 2.74. The van der Waals surface area contributed by atoms with Crippen LogP contribution in [0, 0.1) is 0 Å². The molecular formula is C29H56O4Si2. The molecule has 0 radical (unpaired) electrons. The second kappa shape index (κ2) is 12.1. The molecule has 0 amide bonds. The first kappa shape index (κ1) is 30.9.